The standard InChI is InChI=1S/C11H17N.C2H6/c1-4-5-6-11-8-7-9(2)12-10(11)3;1-2/h7-8H,4-6H2,1-3H3;1-2H3. The predicted octanol–water partition coefficient (Wildman–Crippen LogP) is 4.07. The zero-order valence-corrected chi connectivity index (χ0v) is 10.2. The molecule has 1 heteroatoms. The van der Waals surface area contributed by atoms with E-state index in [9.17, 15) is 0 Å². The molecule has 14 heavy (non-hydrogen) atoms. The van der Waals surface area contributed by atoms with E-state index in [2.05, 4.69) is 31.0 Å². The van der Waals surface area contributed by atoms with Crippen LogP contribution in [-0.4, -0.2) is 4.98 Å². The quantitative estimate of drug-likeness (QED) is 0.705. The fourth-order valence-corrected chi connectivity index (χ4v) is 1.35. The van der Waals surface area contributed by atoms with Gasteiger partial charge >= 0.3 is 0 Å². The molecule has 0 aliphatic heterocycles. The molecule has 0 aliphatic rings. The van der Waals surface area contributed by atoms with Crippen molar-refractivity contribution in [2.45, 2.75) is 53.9 Å². The Hall–Kier alpha value is -0.850. The predicted molar refractivity (Wildman–Crippen MR) is 63.7 cm³/mol. The first-order valence-corrected chi connectivity index (χ1v) is 5.67. The van der Waals surface area contributed by atoms with Crippen LogP contribution in [0.2, 0.25) is 0 Å². The highest BCUT2D eigenvalue weighted by molar-refractivity contribution is 5.21. The van der Waals surface area contributed by atoms with Gasteiger partial charge in [0.2, 0.25) is 0 Å². The smallest absolute Gasteiger partial charge is 0.0407 e. The van der Waals surface area contributed by atoms with E-state index in [4.69, 9.17) is 0 Å². The van der Waals surface area contributed by atoms with Gasteiger partial charge in [0.15, 0.2) is 0 Å². The second kappa shape index (κ2) is 7.54. The summed E-state index contributed by atoms with van der Waals surface area (Å²) in [6, 6.07) is 4.30. The van der Waals surface area contributed by atoms with Crippen LogP contribution in [0.5, 0.6) is 0 Å². The van der Waals surface area contributed by atoms with Crippen molar-refractivity contribution in [2.75, 3.05) is 0 Å². The van der Waals surface area contributed by atoms with E-state index in [1.54, 1.807) is 0 Å². The van der Waals surface area contributed by atoms with E-state index in [0.29, 0.717) is 0 Å². The van der Waals surface area contributed by atoms with Crippen LogP contribution in [-0.2, 0) is 6.42 Å². The lowest BCUT2D eigenvalue weighted by atomic mass is 10.1. The van der Waals surface area contributed by atoms with Crippen LogP contribution in [0.3, 0.4) is 0 Å². The van der Waals surface area contributed by atoms with Crippen molar-refractivity contribution in [1.82, 2.24) is 4.98 Å². The largest absolute Gasteiger partial charge is 0.258 e. The molecule has 0 atom stereocenters. The summed E-state index contributed by atoms with van der Waals surface area (Å²) in [7, 11) is 0. The SMILES string of the molecule is CC.CCCCc1ccc(C)nc1C. The first kappa shape index (κ1) is 13.2. The number of rotatable bonds is 3. The number of hydrogen-bond donors (Lipinski definition) is 0. The van der Waals surface area contributed by atoms with Gasteiger partial charge in [-0.3, -0.25) is 4.98 Å². The average molecular weight is 193 g/mol. The van der Waals surface area contributed by atoms with Crippen LogP contribution >= 0.6 is 0 Å². The zero-order chi connectivity index (χ0) is 11.0. The third-order valence-electron chi connectivity index (χ3n) is 2.13. The zero-order valence-electron chi connectivity index (χ0n) is 10.2. The molecule has 0 fully saturated rings. The van der Waals surface area contributed by atoms with Crippen molar-refractivity contribution in [1.29, 1.82) is 0 Å². The molecule has 0 unspecified atom stereocenters. The Morgan fingerprint density at radius 3 is 2.29 bits per heavy atom. The fourth-order valence-electron chi connectivity index (χ4n) is 1.35. The van der Waals surface area contributed by atoms with Crippen molar-refractivity contribution < 1.29 is 0 Å². The highest BCUT2D eigenvalue weighted by atomic mass is 14.7. The maximum atomic E-state index is 4.43. The number of nitrogens with zero attached hydrogens (tertiary/aromatic N) is 1. The molecule has 1 nitrogen and oxygen atoms in total. The van der Waals surface area contributed by atoms with Crippen molar-refractivity contribution in [3.63, 3.8) is 0 Å². The molecule has 0 aromatic carbocycles. The Labute approximate surface area is 88.6 Å². The van der Waals surface area contributed by atoms with Crippen LogP contribution in [0.25, 0.3) is 0 Å². The minimum Gasteiger partial charge on any atom is -0.258 e. The Morgan fingerprint density at radius 1 is 1.14 bits per heavy atom. The second-order valence-corrected chi connectivity index (χ2v) is 3.30. The van der Waals surface area contributed by atoms with E-state index >= 15 is 0 Å². The fraction of sp³-hybridized carbons (Fsp3) is 0.615. The lowest BCUT2D eigenvalue weighted by molar-refractivity contribution is 0.785. The van der Waals surface area contributed by atoms with Crippen LogP contribution in [0.15, 0.2) is 12.1 Å². The molecular formula is C13H23N. The van der Waals surface area contributed by atoms with Gasteiger partial charge in [-0.2, -0.15) is 0 Å². The van der Waals surface area contributed by atoms with E-state index in [1.165, 1.54) is 30.5 Å². The maximum absolute atomic E-state index is 4.43. The van der Waals surface area contributed by atoms with E-state index in [-0.39, 0.29) is 0 Å². The molecule has 80 valence electrons. The lowest BCUT2D eigenvalue weighted by Crippen LogP contribution is -1.94. The summed E-state index contributed by atoms with van der Waals surface area (Å²) in [4.78, 5) is 4.43. The number of hydrogen-bond acceptors (Lipinski definition) is 1. The number of aromatic nitrogens is 1. The summed E-state index contributed by atoms with van der Waals surface area (Å²) in [5, 5.41) is 0. The molecule has 1 heterocycles. The van der Waals surface area contributed by atoms with Gasteiger partial charge in [0.1, 0.15) is 0 Å². The van der Waals surface area contributed by atoms with Gasteiger partial charge in [0.25, 0.3) is 0 Å². The summed E-state index contributed by atoms with van der Waals surface area (Å²) in [5.41, 5.74) is 3.72. The summed E-state index contributed by atoms with van der Waals surface area (Å²) in [6.07, 6.45) is 3.70. The Balaban J connectivity index is 0.000000791. The van der Waals surface area contributed by atoms with Gasteiger partial charge in [-0.1, -0.05) is 33.3 Å². The number of pyridine rings is 1. The Morgan fingerprint density at radius 2 is 1.79 bits per heavy atom. The molecule has 0 radical (unpaired) electrons. The van der Waals surface area contributed by atoms with Crippen molar-refractivity contribution >= 4 is 0 Å². The van der Waals surface area contributed by atoms with Crippen LogP contribution in [0.1, 0.15) is 50.6 Å². The molecule has 0 saturated carbocycles. The lowest BCUT2D eigenvalue weighted by Gasteiger charge is -2.04. The van der Waals surface area contributed by atoms with Gasteiger partial charge in [-0.15, -0.1) is 0 Å². The third kappa shape index (κ3) is 4.40. The molecule has 0 aliphatic carbocycles. The maximum Gasteiger partial charge on any atom is 0.0407 e. The first-order valence-electron chi connectivity index (χ1n) is 5.67. The van der Waals surface area contributed by atoms with Crippen LogP contribution in [0.4, 0.5) is 0 Å². The van der Waals surface area contributed by atoms with Gasteiger partial charge in [0, 0.05) is 11.4 Å². The van der Waals surface area contributed by atoms with E-state index in [0.717, 1.165) is 5.69 Å². The molecule has 1 aromatic heterocycles. The van der Waals surface area contributed by atoms with Crippen molar-refractivity contribution in [3.8, 4) is 0 Å². The Bertz CT molecular complexity index is 253. The molecule has 0 amide bonds. The summed E-state index contributed by atoms with van der Waals surface area (Å²) in [5.74, 6) is 0. The van der Waals surface area contributed by atoms with Crippen LogP contribution < -0.4 is 0 Å². The van der Waals surface area contributed by atoms with Gasteiger partial charge in [-0.25, -0.2) is 0 Å². The minimum absolute atomic E-state index is 1.12. The topological polar surface area (TPSA) is 12.9 Å². The normalized spacial score (nSPS) is 9.21. The molecular weight excluding hydrogens is 170 g/mol. The third-order valence-corrected chi connectivity index (χ3v) is 2.13. The van der Waals surface area contributed by atoms with Gasteiger partial charge < -0.3 is 0 Å². The van der Waals surface area contributed by atoms with Gasteiger partial charge in [0.05, 0.1) is 0 Å². The summed E-state index contributed by atoms with van der Waals surface area (Å²) >= 11 is 0. The average Bonchev–Trinajstić information content (AvgIpc) is 2.20. The molecule has 0 saturated heterocycles. The van der Waals surface area contributed by atoms with Gasteiger partial charge in [-0.05, 0) is 38.3 Å². The number of unbranched alkanes of at least 4 members (excludes halogenated alkanes) is 1. The van der Waals surface area contributed by atoms with E-state index < -0.39 is 0 Å². The Kier molecular flexibility index (Phi) is 7.09. The second-order valence-electron chi connectivity index (χ2n) is 3.30. The molecule has 0 N–H and O–H groups in total. The summed E-state index contributed by atoms with van der Waals surface area (Å²) in [6.45, 7) is 10.4. The monoisotopic (exact) mass is 193 g/mol. The first-order chi connectivity index (χ1) is 6.74. The molecule has 0 spiro atoms. The van der Waals surface area contributed by atoms with Crippen LogP contribution in [0, 0.1) is 13.8 Å². The highest BCUT2D eigenvalue weighted by Crippen LogP contribution is 2.09. The highest BCUT2D eigenvalue weighted by Gasteiger charge is 1.98. The van der Waals surface area contributed by atoms with Crippen molar-refractivity contribution in [3.05, 3.63) is 29.1 Å². The number of aryl methyl sites for hydroxylation is 3. The molecule has 1 aromatic rings. The summed E-state index contributed by atoms with van der Waals surface area (Å²) < 4.78 is 0. The van der Waals surface area contributed by atoms with Crippen molar-refractivity contribution in [2.24, 2.45) is 0 Å². The minimum atomic E-state index is 1.12. The molecule has 0 bridgehead atoms. The molecule has 1 rings (SSSR count). The van der Waals surface area contributed by atoms with E-state index in [1.807, 2.05) is 20.8 Å².